The molecule has 9 aromatic carbocycles. The van der Waals surface area contributed by atoms with Crippen molar-refractivity contribution < 1.29 is 0 Å². The summed E-state index contributed by atoms with van der Waals surface area (Å²) in [6.45, 7) is 0. The standard InChI is InChI=1S/C58H38N4Si/c1-5-21-39(22-6-1)57-59-54(53-48-32-16-20-36-52(48)63(58(53)60-57,41-25-9-3-10-26-41)42-27-11-4-12-28-42)47-31-15-19-35-51(47)62-50-34-18-14-30-44(50)46-38-37-45-43-29-13-17-33-49(43)61(55(45)56(46)62)40-23-7-2-8-24-40/h1-38H. The van der Waals surface area contributed by atoms with E-state index in [1.165, 1.54) is 53.7 Å². The highest BCUT2D eigenvalue weighted by molar-refractivity contribution is 7.21. The van der Waals surface area contributed by atoms with Crippen molar-refractivity contribution in [2.75, 3.05) is 0 Å². The Kier molecular flexibility index (Phi) is 7.89. The molecule has 0 N–H and O–H groups in total. The molecule has 0 aliphatic carbocycles. The first-order chi connectivity index (χ1) is 31.3. The van der Waals surface area contributed by atoms with Crippen molar-refractivity contribution in [1.29, 1.82) is 0 Å². The average molecular weight is 819 g/mol. The molecule has 63 heavy (non-hydrogen) atoms. The second kappa shape index (κ2) is 14.0. The fourth-order valence-corrected chi connectivity index (χ4v) is 15.6. The van der Waals surface area contributed by atoms with Crippen molar-refractivity contribution in [2.45, 2.75) is 0 Å². The van der Waals surface area contributed by atoms with E-state index in [0.29, 0.717) is 0 Å². The molecule has 13 rings (SSSR count). The zero-order valence-electron chi connectivity index (χ0n) is 34.2. The van der Waals surface area contributed by atoms with Gasteiger partial charge in [-0.05, 0) is 51.5 Å². The number of fused-ring (bicyclic) bond motifs is 10. The van der Waals surface area contributed by atoms with Crippen LogP contribution in [-0.4, -0.2) is 27.2 Å². The molecule has 294 valence electrons. The van der Waals surface area contributed by atoms with E-state index in [2.05, 4.69) is 240 Å². The van der Waals surface area contributed by atoms with Gasteiger partial charge in [0, 0.05) is 43.9 Å². The van der Waals surface area contributed by atoms with Crippen LogP contribution in [0.4, 0.5) is 0 Å². The predicted molar refractivity (Wildman–Crippen MR) is 264 cm³/mol. The minimum absolute atomic E-state index is 0.726. The van der Waals surface area contributed by atoms with Gasteiger partial charge in [-0.2, -0.15) is 0 Å². The highest BCUT2D eigenvalue weighted by Gasteiger charge is 2.51. The molecule has 0 amide bonds. The molecular weight excluding hydrogens is 781 g/mol. The summed E-state index contributed by atoms with van der Waals surface area (Å²) in [7, 11) is -2.99. The van der Waals surface area contributed by atoms with Gasteiger partial charge in [-0.15, -0.1) is 0 Å². The van der Waals surface area contributed by atoms with Gasteiger partial charge in [0.25, 0.3) is 0 Å². The molecule has 0 unspecified atom stereocenters. The monoisotopic (exact) mass is 818 g/mol. The van der Waals surface area contributed by atoms with Crippen molar-refractivity contribution in [3.05, 3.63) is 231 Å². The Morgan fingerprint density at radius 2 is 0.857 bits per heavy atom. The van der Waals surface area contributed by atoms with Crippen LogP contribution in [0.15, 0.2) is 231 Å². The van der Waals surface area contributed by atoms with Crippen LogP contribution in [0.3, 0.4) is 0 Å². The summed E-state index contributed by atoms with van der Waals surface area (Å²) in [5.74, 6) is 0.726. The van der Waals surface area contributed by atoms with Crippen LogP contribution in [0.5, 0.6) is 0 Å². The van der Waals surface area contributed by atoms with E-state index in [4.69, 9.17) is 9.97 Å². The average Bonchev–Trinajstić information content (AvgIpc) is 3.99. The molecule has 0 saturated heterocycles. The Hall–Kier alpha value is -8.12. The zero-order valence-corrected chi connectivity index (χ0v) is 35.2. The van der Waals surface area contributed by atoms with Crippen LogP contribution in [0, 0.1) is 0 Å². The summed E-state index contributed by atoms with van der Waals surface area (Å²) < 4.78 is 4.97. The summed E-state index contributed by atoms with van der Waals surface area (Å²) in [6.07, 6.45) is 0. The smallest absolute Gasteiger partial charge is 0.203 e. The summed E-state index contributed by atoms with van der Waals surface area (Å²) in [6, 6.07) is 83.8. The van der Waals surface area contributed by atoms with Crippen LogP contribution in [0.2, 0.25) is 0 Å². The normalized spacial score (nSPS) is 12.9. The highest BCUT2D eigenvalue weighted by Crippen LogP contribution is 2.45. The lowest BCUT2D eigenvalue weighted by atomic mass is 9.99. The molecule has 0 radical (unpaired) electrons. The number of para-hydroxylation sites is 4. The molecule has 1 aliphatic rings. The van der Waals surface area contributed by atoms with E-state index in [1.54, 1.807) is 0 Å². The SMILES string of the molecule is c1ccc(-c2nc(-c3ccccc3-n3c4ccccc4c4ccc5c6ccccc6n(-c6ccccc6)c5c43)c3c(n2)[Si](c2ccccc2)(c2ccccc2)c2ccccc2-3)cc1. The van der Waals surface area contributed by atoms with Crippen molar-refractivity contribution >= 4 is 72.6 Å². The first kappa shape index (κ1) is 35.6. The van der Waals surface area contributed by atoms with E-state index in [1.807, 2.05) is 0 Å². The lowest BCUT2D eigenvalue weighted by molar-refractivity contribution is 1.14. The first-order valence-electron chi connectivity index (χ1n) is 21.6. The van der Waals surface area contributed by atoms with Gasteiger partial charge in [0.1, 0.15) is 0 Å². The molecule has 4 nitrogen and oxygen atoms in total. The van der Waals surface area contributed by atoms with E-state index in [9.17, 15) is 0 Å². The van der Waals surface area contributed by atoms with E-state index in [0.717, 1.165) is 55.9 Å². The molecule has 0 atom stereocenters. The van der Waals surface area contributed by atoms with E-state index in [-0.39, 0.29) is 0 Å². The number of aromatic nitrogens is 4. The second-order valence-electron chi connectivity index (χ2n) is 16.4. The van der Waals surface area contributed by atoms with Crippen LogP contribution in [0.25, 0.3) is 88.8 Å². The number of hydrogen-bond donors (Lipinski definition) is 0. The third kappa shape index (κ3) is 5.08. The minimum atomic E-state index is -2.99. The van der Waals surface area contributed by atoms with Crippen molar-refractivity contribution in [3.63, 3.8) is 0 Å². The molecule has 0 spiro atoms. The maximum atomic E-state index is 5.77. The van der Waals surface area contributed by atoms with Gasteiger partial charge in [-0.1, -0.05) is 200 Å². The fourth-order valence-electron chi connectivity index (χ4n) is 10.6. The highest BCUT2D eigenvalue weighted by atomic mass is 28.3. The number of benzene rings is 9. The summed E-state index contributed by atoms with van der Waals surface area (Å²) in [5, 5.41) is 9.91. The lowest BCUT2D eigenvalue weighted by Gasteiger charge is -2.30. The van der Waals surface area contributed by atoms with Crippen molar-refractivity contribution in [2.24, 2.45) is 0 Å². The molecule has 0 bridgehead atoms. The quantitative estimate of drug-likeness (QED) is 0.157. The van der Waals surface area contributed by atoms with Gasteiger partial charge in [0.2, 0.25) is 8.07 Å². The Balaban J connectivity index is 1.20. The summed E-state index contributed by atoms with van der Waals surface area (Å²) in [5.41, 5.74) is 12.1. The zero-order chi connectivity index (χ0) is 41.5. The summed E-state index contributed by atoms with van der Waals surface area (Å²) >= 11 is 0. The van der Waals surface area contributed by atoms with Crippen molar-refractivity contribution in [3.8, 4) is 45.1 Å². The topological polar surface area (TPSA) is 35.6 Å². The molecule has 1 aliphatic heterocycles. The number of hydrogen-bond acceptors (Lipinski definition) is 2. The maximum Gasteiger partial charge on any atom is 0.203 e. The molecule has 0 saturated carbocycles. The Morgan fingerprint density at radius 1 is 0.365 bits per heavy atom. The van der Waals surface area contributed by atoms with E-state index < -0.39 is 8.07 Å². The molecule has 5 heteroatoms. The molecule has 12 aromatic rings. The minimum Gasteiger partial charge on any atom is -0.307 e. The van der Waals surface area contributed by atoms with Crippen LogP contribution in [-0.2, 0) is 0 Å². The first-order valence-corrected chi connectivity index (χ1v) is 23.6. The second-order valence-corrected chi connectivity index (χ2v) is 20.1. The maximum absolute atomic E-state index is 5.77. The van der Waals surface area contributed by atoms with Gasteiger partial charge < -0.3 is 9.13 Å². The third-order valence-corrected chi connectivity index (χ3v) is 17.9. The number of nitrogens with zero attached hydrogens (tertiary/aromatic N) is 4. The number of rotatable bonds is 6. The van der Waals surface area contributed by atoms with Gasteiger partial charge in [0.15, 0.2) is 5.82 Å². The molecular formula is C58H38N4Si. The molecule has 3 aromatic heterocycles. The molecule has 0 fully saturated rings. The van der Waals surface area contributed by atoms with Crippen molar-refractivity contribution in [1.82, 2.24) is 19.1 Å². The van der Waals surface area contributed by atoms with Gasteiger partial charge in [0.05, 0.1) is 38.8 Å². The van der Waals surface area contributed by atoms with Crippen LogP contribution >= 0.6 is 0 Å². The van der Waals surface area contributed by atoms with Crippen LogP contribution in [0.1, 0.15) is 0 Å². The Morgan fingerprint density at radius 3 is 1.51 bits per heavy atom. The predicted octanol–water partition coefficient (Wildman–Crippen LogP) is 11.4. The summed E-state index contributed by atoms with van der Waals surface area (Å²) in [4.78, 5) is 11.5. The third-order valence-electron chi connectivity index (χ3n) is 13.2. The van der Waals surface area contributed by atoms with Gasteiger partial charge in [-0.3, -0.25) is 0 Å². The molecule has 4 heterocycles. The van der Waals surface area contributed by atoms with E-state index >= 15 is 0 Å². The van der Waals surface area contributed by atoms with Gasteiger partial charge >= 0.3 is 0 Å². The largest absolute Gasteiger partial charge is 0.307 e. The fraction of sp³-hybridized carbons (Fsp3) is 0. The Bertz CT molecular complexity index is 3690. The Labute approximate surface area is 365 Å². The lowest BCUT2D eigenvalue weighted by Crippen LogP contribution is -2.73. The van der Waals surface area contributed by atoms with Gasteiger partial charge in [-0.25, -0.2) is 9.97 Å². The van der Waals surface area contributed by atoms with Crippen LogP contribution < -0.4 is 20.9 Å².